The number of nitrogens with one attached hydrogen (secondary N) is 1. The number of sulfonamides is 1. The van der Waals surface area contributed by atoms with Crippen molar-refractivity contribution in [3.63, 3.8) is 0 Å². The quantitative estimate of drug-likeness (QED) is 0.865. The van der Waals surface area contributed by atoms with Crippen molar-refractivity contribution >= 4 is 15.7 Å². The van der Waals surface area contributed by atoms with Gasteiger partial charge in [0.25, 0.3) is 0 Å². The minimum absolute atomic E-state index is 0.443. The summed E-state index contributed by atoms with van der Waals surface area (Å²) < 4.78 is 25.9. The number of hydrogen-bond donors (Lipinski definition) is 1. The number of nitrogens with zero attached hydrogens (tertiary/aromatic N) is 1. The predicted octanol–water partition coefficient (Wildman–Crippen LogP) is 1.37. The third kappa shape index (κ3) is 2.98. The van der Waals surface area contributed by atoms with E-state index in [-0.39, 0.29) is 0 Å². The fourth-order valence-electron chi connectivity index (χ4n) is 1.72. The molecule has 0 saturated heterocycles. The van der Waals surface area contributed by atoms with Gasteiger partial charge in [-0.05, 0) is 32.5 Å². The first kappa shape index (κ1) is 14.0. The number of aryl methyl sites for hydroxylation is 1. The molecule has 1 aromatic rings. The molecular formula is C12H20N2O2S. The van der Waals surface area contributed by atoms with Gasteiger partial charge in [0, 0.05) is 13.6 Å². The second-order valence-corrected chi connectivity index (χ2v) is 6.55. The van der Waals surface area contributed by atoms with Crippen LogP contribution in [-0.4, -0.2) is 34.3 Å². The fourth-order valence-corrected chi connectivity index (χ4v) is 3.11. The van der Waals surface area contributed by atoms with Crippen molar-refractivity contribution < 1.29 is 8.42 Å². The Labute approximate surface area is 104 Å². The SMILES string of the molecule is CNCC(C)S(=O)(=O)N(C)c1ccccc1C. The molecule has 1 N–H and O–H groups in total. The molecule has 0 aliphatic heterocycles. The Hall–Kier alpha value is -1.07. The van der Waals surface area contributed by atoms with Gasteiger partial charge in [-0.1, -0.05) is 18.2 Å². The summed E-state index contributed by atoms with van der Waals surface area (Å²) in [6.07, 6.45) is 0. The number of benzene rings is 1. The molecule has 1 aromatic carbocycles. The third-order valence-electron chi connectivity index (χ3n) is 2.84. The van der Waals surface area contributed by atoms with Crippen LogP contribution in [0.5, 0.6) is 0 Å². The van der Waals surface area contributed by atoms with E-state index < -0.39 is 15.3 Å². The fraction of sp³-hybridized carbons (Fsp3) is 0.500. The Morgan fingerprint density at radius 2 is 1.94 bits per heavy atom. The molecule has 1 rings (SSSR count). The van der Waals surface area contributed by atoms with Crippen LogP contribution >= 0.6 is 0 Å². The topological polar surface area (TPSA) is 49.4 Å². The zero-order valence-electron chi connectivity index (χ0n) is 10.8. The highest BCUT2D eigenvalue weighted by molar-refractivity contribution is 7.93. The van der Waals surface area contributed by atoms with Crippen LogP contribution in [0, 0.1) is 6.92 Å². The summed E-state index contributed by atoms with van der Waals surface area (Å²) in [5.41, 5.74) is 1.69. The Morgan fingerprint density at radius 3 is 2.47 bits per heavy atom. The van der Waals surface area contributed by atoms with Crippen molar-refractivity contribution in [2.45, 2.75) is 19.1 Å². The zero-order chi connectivity index (χ0) is 13.1. The third-order valence-corrected chi connectivity index (χ3v) is 4.98. The van der Waals surface area contributed by atoms with Crippen molar-refractivity contribution in [1.29, 1.82) is 0 Å². The van der Waals surface area contributed by atoms with Crippen molar-refractivity contribution in [3.8, 4) is 0 Å². The second kappa shape index (κ2) is 5.51. The van der Waals surface area contributed by atoms with E-state index in [2.05, 4.69) is 5.32 Å². The predicted molar refractivity (Wildman–Crippen MR) is 71.9 cm³/mol. The van der Waals surface area contributed by atoms with Crippen molar-refractivity contribution in [3.05, 3.63) is 29.8 Å². The largest absolute Gasteiger partial charge is 0.318 e. The standard InChI is InChI=1S/C12H20N2O2S/c1-10-7-5-6-8-12(10)14(4)17(15,16)11(2)9-13-3/h5-8,11,13H,9H2,1-4H3. The number of rotatable bonds is 5. The van der Waals surface area contributed by atoms with E-state index in [0.717, 1.165) is 11.3 Å². The molecule has 0 amide bonds. The van der Waals surface area contributed by atoms with Crippen LogP contribution in [0.15, 0.2) is 24.3 Å². The molecule has 0 heterocycles. The van der Waals surface area contributed by atoms with Crippen LogP contribution in [0.2, 0.25) is 0 Å². The van der Waals surface area contributed by atoms with Crippen LogP contribution in [0.4, 0.5) is 5.69 Å². The maximum atomic E-state index is 12.3. The molecule has 0 saturated carbocycles. The van der Waals surface area contributed by atoms with Gasteiger partial charge in [-0.25, -0.2) is 8.42 Å². The van der Waals surface area contributed by atoms with E-state index in [4.69, 9.17) is 0 Å². The molecule has 5 heteroatoms. The summed E-state index contributed by atoms with van der Waals surface area (Å²) in [4.78, 5) is 0. The lowest BCUT2D eigenvalue weighted by atomic mass is 10.2. The Morgan fingerprint density at radius 1 is 1.35 bits per heavy atom. The molecule has 0 fully saturated rings. The molecule has 0 aromatic heterocycles. The molecule has 0 spiro atoms. The van der Waals surface area contributed by atoms with Gasteiger partial charge in [0.1, 0.15) is 0 Å². The lowest BCUT2D eigenvalue weighted by Gasteiger charge is -2.25. The summed E-state index contributed by atoms with van der Waals surface area (Å²) >= 11 is 0. The normalized spacial score (nSPS) is 13.4. The summed E-state index contributed by atoms with van der Waals surface area (Å²) in [6, 6.07) is 7.47. The molecule has 1 atom stereocenters. The van der Waals surface area contributed by atoms with Crippen molar-refractivity contribution in [2.24, 2.45) is 0 Å². The molecule has 0 aliphatic rings. The minimum atomic E-state index is -3.31. The molecule has 0 bridgehead atoms. The maximum Gasteiger partial charge on any atom is 0.238 e. The van der Waals surface area contributed by atoms with E-state index in [9.17, 15) is 8.42 Å². The first-order valence-corrected chi connectivity index (χ1v) is 7.09. The van der Waals surface area contributed by atoms with E-state index in [0.29, 0.717) is 6.54 Å². The highest BCUT2D eigenvalue weighted by Gasteiger charge is 2.26. The molecule has 96 valence electrons. The van der Waals surface area contributed by atoms with E-state index >= 15 is 0 Å². The molecule has 1 unspecified atom stereocenters. The van der Waals surface area contributed by atoms with E-state index in [1.165, 1.54) is 4.31 Å². The second-order valence-electron chi connectivity index (χ2n) is 4.17. The molecular weight excluding hydrogens is 236 g/mol. The Kier molecular flexibility index (Phi) is 4.54. The van der Waals surface area contributed by atoms with Crippen LogP contribution in [-0.2, 0) is 10.0 Å². The van der Waals surface area contributed by atoms with Crippen LogP contribution in [0.3, 0.4) is 0 Å². The first-order valence-electron chi connectivity index (χ1n) is 5.59. The number of anilines is 1. The molecule has 4 nitrogen and oxygen atoms in total. The van der Waals surface area contributed by atoms with E-state index in [1.54, 1.807) is 21.0 Å². The average molecular weight is 256 g/mol. The van der Waals surface area contributed by atoms with Gasteiger partial charge in [0.2, 0.25) is 10.0 Å². The van der Waals surface area contributed by atoms with Crippen LogP contribution in [0.1, 0.15) is 12.5 Å². The van der Waals surface area contributed by atoms with E-state index in [1.807, 2.05) is 31.2 Å². The number of hydrogen-bond acceptors (Lipinski definition) is 3. The van der Waals surface area contributed by atoms with Crippen molar-refractivity contribution in [2.75, 3.05) is 24.9 Å². The first-order chi connectivity index (χ1) is 7.91. The van der Waals surface area contributed by atoms with Crippen LogP contribution < -0.4 is 9.62 Å². The summed E-state index contributed by atoms with van der Waals surface area (Å²) in [5.74, 6) is 0. The monoisotopic (exact) mass is 256 g/mol. The van der Waals surface area contributed by atoms with Crippen LogP contribution in [0.25, 0.3) is 0 Å². The van der Waals surface area contributed by atoms with Gasteiger partial charge in [-0.3, -0.25) is 4.31 Å². The highest BCUT2D eigenvalue weighted by Crippen LogP contribution is 2.22. The lowest BCUT2D eigenvalue weighted by molar-refractivity contribution is 0.576. The summed E-state index contributed by atoms with van der Waals surface area (Å²) in [7, 11) is 0.0450. The van der Waals surface area contributed by atoms with Gasteiger partial charge in [-0.15, -0.1) is 0 Å². The van der Waals surface area contributed by atoms with Gasteiger partial charge in [0.15, 0.2) is 0 Å². The molecule has 0 aliphatic carbocycles. The average Bonchev–Trinajstić information content (AvgIpc) is 2.29. The minimum Gasteiger partial charge on any atom is -0.318 e. The Bertz CT molecular complexity index is 471. The molecule has 0 radical (unpaired) electrons. The summed E-state index contributed by atoms with van der Waals surface area (Å²) in [6.45, 7) is 4.06. The smallest absolute Gasteiger partial charge is 0.238 e. The van der Waals surface area contributed by atoms with Gasteiger partial charge >= 0.3 is 0 Å². The maximum absolute atomic E-state index is 12.3. The number of para-hydroxylation sites is 1. The van der Waals surface area contributed by atoms with Crippen molar-refractivity contribution in [1.82, 2.24) is 5.32 Å². The van der Waals surface area contributed by atoms with Gasteiger partial charge < -0.3 is 5.32 Å². The Balaban J connectivity index is 3.05. The lowest BCUT2D eigenvalue weighted by Crippen LogP contribution is -2.39. The van der Waals surface area contributed by atoms with Gasteiger partial charge in [0.05, 0.1) is 10.9 Å². The highest BCUT2D eigenvalue weighted by atomic mass is 32.2. The zero-order valence-corrected chi connectivity index (χ0v) is 11.6. The molecule has 17 heavy (non-hydrogen) atoms. The summed E-state index contributed by atoms with van der Waals surface area (Å²) in [5, 5.41) is 2.44. The van der Waals surface area contributed by atoms with Gasteiger partial charge in [-0.2, -0.15) is 0 Å².